The second-order valence-electron chi connectivity index (χ2n) is 3.81. The molecule has 0 aliphatic heterocycles. The second kappa shape index (κ2) is 3.51. The van der Waals surface area contributed by atoms with Crippen molar-refractivity contribution >= 4 is 5.91 Å². The van der Waals surface area contributed by atoms with Crippen LogP contribution in [0, 0.1) is 0 Å². The zero-order valence-electron chi connectivity index (χ0n) is 8.03. The molecule has 1 aromatic heterocycles. The molecule has 0 fully saturated rings. The first kappa shape index (κ1) is 9.64. The molecule has 0 aromatic carbocycles. The summed E-state index contributed by atoms with van der Waals surface area (Å²) in [5.41, 5.74) is 0.103. The fraction of sp³-hybridized carbons (Fsp3) is 0.444. The summed E-state index contributed by atoms with van der Waals surface area (Å²) < 4.78 is 0. The van der Waals surface area contributed by atoms with Crippen LogP contribution in [0.15, 0.2) is 18.3 Å². The van der Waals surface area contributed by atoms with Crippen molar-refractivity contribution in [3.05, 3.63) is 24.0 Å². The summed E-state index contributed by atoms with van der Waals surface area (Å²) in [5, 5.41) is 10.1. The zero-order chi connectivity index (χ0) is 9.90. The summed E-state index contributed by atoms with van der Waals surface area (Å²) >= 11 is 0. The maximum atomic E-state index is 11.4. The molecule has 1 rings (SSSR count). The number of hydrogen-bond donors (Lipinski definition) is 1. The Morgan fingerprint density at radius 2 is 2.15 bits per heavy atom. The van der Waals surface area contributed by atoms with Crippen LogP contribution in [0.2, 0.25) is 0 Å². The molecule has 0 unspecified atom stereocenters. The number of rotatable bonds is 1. The van der Waals surface area contributed by atoms with E-state index in [-0.39, 0.29) is 11.4 Å². The number of aromatic nitrogens is 2. The van der Waals surface area contributed by atoms with Crippen molar-refractivity contribution < 1.29 is 4.79 Å². The summed E-state index contributed by atoms with van der Waals surface area (Å²) in [7, 11) is 0. The maximum absolute atomic E-state index is 11.4. The predicted octanol–water partition coefficient (Wildman–Crippen LogP) is 1.00. The van der Waals surface area contributed by atoms with E-state index in [2.05, 4.69) is 15.5 Å². The molecule has 0 saturated carbocycles. The Balaban J connectivity index is 2.71. The van der Waals surface area contributed by atoms with Gasteiger partial charge in [0.2, 0.25) is 0 Å². The van der Waals surface area contributed by atoms with Crippen molar-refractivity contribution in [1.29, 1.82) is 0 Å². The van der Waals surface area contributed by atoms with Crippen LogP contribution in [0.3, 0.4) is 0 Å². The van der Waals surface area contributed by atoms with Crippen molar-refractivity contribution in [3.8, 4) is 0 Å². The summed E-state index contributed by atoms with van der Waals surface area (Å²) in [6, 6.07) is 3.32. The summed E-state index contributed by atoms with van der Waals surface area (Å²) in [4.78, 5) is 11.4. The van der Waals surface area contributed by atoms with Crippen LogP contribution < -0.4 is 5.32 Å². The molecule has 70 valence electrons. The third kappa shape index (κ3) is 3.19. The largest absolute Gasteiger partial charge is 0.346 e. The monoisotopic (exact) mass is 179 g/mol. The molecule has 0 aliphatic carbocycles. The minimum Gasteiger partial charge on any atom is -0.346 e. The molecule has 0 radical (unpaired) electrons. The van der Waals surface area contributed by atoms with Crippen LogP contribution in [0.4, 0.5) is 0 Å². The van der Waals surface area contributed by atoms with E-state index < -0.39 is 0 Å². The van der Waals surface area contributed by atoms with E-state index in [0.29, 0.717) is 5.69 Å². The zero-order valence-corrected chi connectivity index (χ0v) is 8.03. The fourth-order valence-electron chi connectivity index (χ4n) is 0.827. The van der Waals surface area contributed by atoms with Gasteiger partial charge in [0.25, 0.3) is 5.91 Å². The first-order valence-corrected chi connectivity index (χ1v) is 4.09. The van der Waals surface area contributed by atoms with E-state index in [1.54, 1.807) is 12.1 Å². The number of hydrogen-bond acceptors (Lipinski definition) is 3. The van der Waals surface area contributed by atoms with Crippen molar-refractivity contribution in [2.75, 3.05) is 0 Å². The first-order valence-electron chi connectivity index (χ1n) is 4.09. The molecule has 0 aliphatic rings. The molecule has 0 atom stereocenters. The van der Waals surface area contributed by atoms with E-state index in [1.165, 1.54) is 6.20 Å². The van der Waals surface area contributed by atoms with Gasteiger partial charge in [0.15, 0.2) is 5.69 Å². The van der Waals surface area contributed by atoms with Crippen molar-refractivity contribution in [1.82, 2.24) is 15.5 Å². The maximum Gasteiger partial charge on any atom is 0.272 e. The van der Waals surface area contributed by atoms with E-state index in [9.17, 15) is 4.79 Å². The average molecular weight is 179 g/mol. The molecule has 1 amide bonds. The minimum atomic E-state index is -0.241. The molecule has 0 bridgehead atoms. The van der Waals surface area contributed by atoms with Crippen LogP contribution in [0.5, 0.6) is 0 Å². The first-order chi connectivity index (χ1) is 5.99. The molecule has 13 heavy (non-hydrogen) atoms. The van der Waals surface area contributed by atoms with Crippen molar-refractivity contribution in [2.24, 2.45) is 0 Å². The second-order valence-corrected chi connectivity index (χ2v) is 3.81. The van der Waals surface area contributed by atoms with E-state index in [1.807, 2.05) is 20.8 Å². The molecule has 1 aromatic rings. The number of nitrogens with zero attached hydrogens (tertiary/aromatic N) is 2. The number of amides is 1. The molecule has 4 heteroatoms. The van der Waals surface area contributed by atoms with E-state index in [0.717, 1.165) is 0 Å². The number of carbonyl (C=O) groups is 1. The van der Waals surface area contributed by atoms with Gasteiger partial charge >= 0.3 is 0 Å². The highest BCUT2D eigenvalue weighted by Gasteiger charge is 2.15. The highest BCUT2D eigenvalue weighted by atomic mass is 16.2. The van der Waals surface area contributed by atoms with Crippen molar-refractivity contribution in [3.63, 3.8) is 0 Å². The van der Waals surface area contributed by atoms with Gasteiger partial charge in [-0.1, -0.05) is 0 Å². The third-order valence-electron chi connectivity index (χ3n) is 1.29. The molecule has 1 N–H and O–H groups in total. The third-order valence-corrected chi connectivity index (χ3v) is 1.29. The molecule has 0 spiro atoms. The van der Waals surface area contributed by atoms with Gasteiger partial charge < -0.3 is 5.32 Å². The normalized spacial score (nSPS) is 11.0. The highest BCUT2D eigenvalue weighted by Crippen LogP contribution is 2.01. The van der Waals surface area contributed by atoms with Crippen LogP contribution in [-0.4, -0.2) is 21.6 Å². The average Bonchev–Trinajstić information content (AvgIpc) is 2.03. The van der Waals surface area contributed by atoms with Gasteiger partial charge in [0.05, 0.1) is 0 Å². The Labute approximate surface area is 77.4 Å². The highest BCUT2D eigenvalue weighted by molar-refractivity contribution is 5.92. The summed E-state index contributed by atoms with van der Waals surface area (Å²) in [6.45, 7) is 5.75. The number of carbonyl (C=O) groups excluding carboxylic acids is 1. The Hall–Kier alpha value is -1.45. The topological polar surface area (TPSA) is 54.9 Å². The smallest absolute Gasteiger partial charge is 0.272 e. The van der Waals surface area contributed by atoms with Gasteiger partial charge in [-0.25, -0.2) is 0 Å². The summed E-state index contributed by atoms with van der Waals surface area (Å²) in [5.74, 6) is -0.194. The van der Waals surface area contributed by atoms with Crippen molar-refractivity contribution in [2.45, 2.75) is 26.3 Å². The van der Waals surface area contributed by atoms with Crippen LogP contribution in [-0.2, 0) is 0 Å². The Morgan fingerprint density at radius 3 is 2.62 bits per heavy atom. The van der Waals surface area contributed by atoms with Gasteiger partial charge in [-0.05, 0) is 32.9 Å². The van der Waals surface area contributed by atoms with Crippen LogP contribution >= 0.6 is 0 Å². The lowest BCUT2D eigenvalue weighted by atomic mass is 10.1. The quantitative estimate of drug-likeness (QED) is 0.699. The van der Waals surface area contributed by atoms with E-state index >= 15 is 0 Å². The van der Waals surface area contributed by atoms with E-state index in [4.69, 9.17) is 0 Å². The Kier molecular flexibility index (Phi) is 2.60. The van der Waals surface area contributed by atoms with Gasteiger partial charge in [0.1, 0.15) is 0 Å². The van der Waals surface area contributed by atoms with Gasteiger partial charge in [0, 0.05) is 11.7 Å². The van der Waals surface area contributed by atoms with Gasteiger partial charge in [-0.2, -0.15) is 5.10 Å². The molecule has 0 saturated heterocycles. The fourth-order valence-corrected chi connectivity index (χ4v) is 0.827. The molecule has 4 nitrogen and oxygen atoms in total. The minimum absolute atomic E-state index is 0.194. The van der Waals surface area contributed by atoms with Gasteiger partial charge in [-0.15, -0.1) is 5.10 Å². The Bertz CT molecular complexity index is 289. The standard InChI is InChI=1S/C9H13N3O/c1-9(2,3)11-8(13)7-5-4-6-10-12-7/h4-6H,1-3H3,(H,11,13). The molecular weight excluding hydrogens is 166 g/mol. The van der Waals surface area contributed by atoms with Crippen LogP contribution in [0.1, 0.15) is 31.3 Å². The van der Waals surface area contributed by atoms with Gasteiger partial charge in [-0.3, -0.25) is 4.79 Å². The Morgan fingerprint density at radius 1 is 1.46 bits per heavy atom. The molecule has 1 heterocycles. The lowest BCUT2D eigenvalue weighted by Crippen LogP contribution is -2.40. The van der Waals surface area contributed by atoms with Crippen LogP contribution in [0.25, 0.3) is 0 Å². The molecular formula is C9H13N3O. The number of nitrogens with one attached hydrogen (secondary N) is 1. The lowest BCUT2D eigenvalue weighted by molar-refractivity contribution is 0.0913. The SMILES string of the molecule is CC(C)(C)NC(=O)c1cccnn1. The summed E-state index contributed by atoms with van der Waals surface area (Å²) in [6.07, 6.45) is 1.54. The predicted molar refractivity (Wildman–Crippen MR) is 49.3 cm³/mol. The lowest BCUT2D eigenvalue weighted by Gasteiger charge is -2.19.